The van der Waals surface area contributed by atoms with Gasteiger partial charge in [-0.3, -0.25) is 4.79 Å². The molecule has 3 saturated heterocycles. The monoisotopic (exact) mass is 371 g/mol. The first kappa shape index (κ1) is 15.2. The summed E-state index contributed by atoms with van der Waals surface area (Å²) in [5.74, 6) is 1.28. The van der Waals surface area contributed by atoms with Gasteiger partial charge in [0, 0.05) is 24.5 Å². The fourth-order valence-corrected chi connectivity index (χ4v) is 5.32. The molecule has 0 aromatic carbocycles. The highest BCUT2D eigenvalue weighted by Gasteiger charge is 2.41. The molecule has 0 radical (unpaired) electrons. The third-order valence-corrected chi connectivity index (χ3v) is 6.67. The number of hydrogen-bond donors (Lipinski definition) is 0. The second kappa shape index (κ2) is 6.03. The number of piperidine rings is 1. The van der Waals surface area contributed by atoms with Crippen LogP contribution in [-0.4, -0.2) is 44.9 Å². The van der Waals surface area contributed by atoms with E-state index in [9.17, 15) is 4.79 Å². The zero-order chi connectivity index (χ0) is 16.8. The Bertz CT molecular complexity index is 909. The molecule has 3 aromatic rings. The van der Waals surface area contributed by atoms with E-state index >= 15 is 0 Å². The number of carbonyl (C=O) groups is 1. The fraction of sp³-hybridized carbons (Fsp3) is 0.412. The minimum absolute atomic E-state index is 0.0439. The molecule has 2 bridgehead atoms. The van der Waals surface area contributed by atoms with E-state index in [0.717, 1.165) is 47.7 Å². The molecule has 3 aliphatic rings. The third kappa shape index (κ3) is 2.60. The van der Waals surface area contributed by atoms with Gasteiger partial charge in [-0.2, -0.15) is 0 Å². The highest BCUT2D eigenvalue weighted by molar-refractivity contribution is 7.17. The summed E-state index contributed by atoms with van der Waals surface area (Å²) < 4.78 is 1.11. The molecule has 0 spiro atoms. The molecule has 128 valence electrons. The Morgan fingerprint density at radius 1 is 1.20 bits per heavy atom. The first-order valence-electron chi connectivity index (χ1n) is 8.40. The molecule has 1 amide bonds. The molecule has 6 heterocycles. The maximum Gasteiger partial charge on any atom is 0.228 e. The lowest BCUT2D eigenvalue weighted by atomic mass is 9.94. The number of anilines is 1. The van der Waals surface area contributed by atoms with Crippen LogP contribution >= 0.6 is 22.7 Å². The van der Waals surface area contributed by atoms with Crippen molar-refractivity contribution in [2.24, 2.45) is 5.92 Å². The Hall–Kier alpha value is -2.06. The topological polar surface area (TPSA) is 62.2 Å². The molecule has 8 heteroatoms. The van der Waals surface area contributed by atoms with Crippen LogP contribution in [0.3, 0.4) is 0 Å². The Morgan fingerprint density at radius 3 is 3.04 bits per heavy atom. The lowest BCUT2D eigenvalue weighted by Gasteiger charge is -2.35. The van der Waals surface area contributed by atoms with E-state index in [1.165, 1.54) is 0 Å². The average Bonchev–Trinajstić information content (AvgIpc) is 3.24. The highest BCUT2D eigenvalue weighted by atomic mass is 32.1. The second-order valence-electron chi connectivity index (χ2n) is 6.61. The Labute approximate surface area is 153 Å². The van der Waals surface area contributed by atoms with Gasteiger partial charge in [-0.05, 0) is 24.3 Å². The predicted molar refractivity (Wildman–Crippen MR) is 98.8 cm³/mol. The third-order valence-electron chi connectivity index (χ3n) is 5.13. The number of hydrogen-bond acceptors (Lipinski definition) is 7. The van der Waals surface area contributed by atoms with E-state index in [1.807, 2.05) is 21.9 Å². The summed E-state index contributed by atoms with van der Waals surface area (Å²) >= 11 is 3.25. The number of carbonyl (C=O) groups excluding carboxylic acids is 1. The number of nitrogens with zero attached hydrogens (tertiary/aromatic N) is 5. The SMILES string of the molecule is O=C1[C@H]2CC[C@H](CN(c3ncnc4ccsc34)C2)N1Cc1cscn1. The van der Waals surface area contributed by atoms with Crippen LogP contribution in [0, 0.1) is 5.92 Å². The van der Waals surface area contributed by atoms with Crippen molar-refractivity contribution in [2.45, 2.75) is 25.4 Å². The minimum Gasteiger partial charge on any atom is -0.352 e. The molecule has 0 N–H and O–H groups in total. The van der Waals surface area contributed by atoms with Crippen molar-refractivity contribution in [1.29, 1.82) is 0 Å². The maximum atomic E-state index is 13.0. The van der Waals surface area contributed by atoms with Gasteiger partial charge in [0.25, 0.3) is 0 Å². The van der Waals surface area contributed by atoms with Gasteiger partial charge in [-0.1, -0.05) is 0 Å². The van der Waals surface area contributed by atoms with Crippen LogP contribution in [0.5, 0.6) is 0 Å². The summed E-state index contributed by atoms with van der Waals surface area (Å²) in [7, 11) is 0. The summed E-state index contributed by atoms with van der Waals surface area (Å²) in [6, 6.07) is 2.25. The molecular weight excluding hydrogens is 354 g/mol. The zero-order valence-electron chi connectivity index (χ0n) is 13.5. The first-order chi connectivity index (χ1) is 12.3. The Morgan fingerprint density at radius 2 is 2.16 bits per heavy atom. The van der Waals surface area contributed by atoms with Gasteiger partial charge in [-0.15, -0.1) is 22.7 Å². The van der Waals surface area contributed by atoms with E-state index in [4.69, 9.17) is 0 Å². The Balaban J connectivity index is 1.48. The molecule has 0 unspecified atom stereocenters. The van der Waals surface area contributed by atoms with Crippen LogP contribution in [0.2, 0.25) is 0 Å². The highest BCUT2D eigenvalue weighted by Crippen LogP contribution is 2.35. The molecule has 2 atom stereocenters. The van der Waals surface area contributed by atoms with Crippen molar-refractivity contribution < 1.29 is 4.79 Å². The number of thiophene rings is 1. The standard InChI is InChI=1S/C17H17N5OS2/c23-17-11-1-2-13(22(17)6-12-8-24-10-20-12)7-21(5-11)16-15-14(3-4-25-15)18-9-19-16/h3-4,8-11,13H,1-2,5-7H2/t11-,13+/m0/s1. The maximum absolute atomic E-state index is 13.0. The van der Waals surface area contributed by atoms with Gasteiger partial charge in [0.2, 0.25) is 5.91 Å². The van der Waals surface area contributed by atoms with Crippen molar-refractivity contribution in [1.82, 2.24) is 19.9 Å². The van der Waals surface area contributed by atoms with Crippen molar-refractivity contribution in [3.8, 4) is 0 Å². The minimum atomic E-state index is 0.0439. The van der Waals surface area contributed by atoms with Crippen LogP contribution in [0.25, 0.3) is 10.2 Å². The quantitative estimate of drug-likeness (QED) is 0.708. The van der Waals surface area contributed by atoms with Crippen molar-refractivity contribution in [3.63, 3.8) is 0 Å². The van der Waals surface area contributed by atoms with E-state index in [-0.39, 0.29) is 17.9 Å². The fourth-order valence-electron chi connectivity index (χ4n) is 3.91. The van der Waals surface area contributed by atoms with E-state index in [1.54, 1.807) is 29.0 Å². The van der Waals surface area contributed by atoms with Gasteiger partial charge in [0.1, 0.15) is 12.1 Å². The van der Waals surface area contributed by atoms with Gasteiger partial charge in [0.05, 0.1) is 33.9 Å². The van der Waals surface area contributed by atoms with Crippen LogP contribution < -0.4 is 4.90 Å². The predicted octanol–water partition coefficient (Wildman–Crippen LogP) is 2.78. The van der Waals surface area contributed by atoms with Gasteiger partial charge in [0.15, 0.2) is 0 Å². The van der Waals surface area contributed by atoms with Crippen LogP contribution in [-0.2, 0) is 11.3 Å². The number of aromatic nitrogens is 3. The summed E-state index contributed by atoms with van der Waals surface area (Å²) in [5, 5.41) is 4.08. The lowest BCUT2D eigenvalue weighted by molar-refractivity contribution is -0.140. The second-order valence-corrected chi connectivity index (χ2v) is 8.25. The zero-order valence-corrected chi connectivity index (χ0v) is 15.2. The van der Waals surface area contributed by atoms with Crippen LogP contribution in [0.15, 0.2) is 28.7 Å². The molecule has 3 aromatic heterocycles. The summed E-state index contributed by atoms with van der Waals surface area (Å²) in [5.41, 5.74) is 3.80. The van der Waals surface area contributed by atoms with E-state index in [2.05, 4.69) is 25.2 Å². The smallest absolute Gasteiger partial charge is 0.228 e. The number of fused-ring (bicyclic) bond motifs is 5. The summed E-state index contributed by atoms with van der Waals surface area (Å²) in [4.78, 5) is 30.6. The Kier molecular flexibility index (Phi) is 3.67. The first-order valence-corrected chi connectivity index (χ1v) is 10.2. The summed E-state index contributed by atoms with van der Waals surface area (Å²) in [6.45, 7) is 2.19. The van der Waals surface area contributed by atoms with Crippen LogP contribution in [0.1, 0.15) is 18.5 Å². The number of thiazole rings is 1. The lowest BCUT2D eigenvalue weighted by Crippen LogP contribution is -2.47. The molecule has 0 saturated carbocycles. The molecule has 3 aliphatic heterocycles. The van der Waals surface area contributed by atoms with Gasteiger partial charge >= 0.3 is 0 Å². The molecule has 3 fully saturated rings. The van der Waals surface area contributed by atoms with Gasteiger partial charge < -0.3 is 9.80 Å². The normalized spacial score (nSPS) is 23.4. The van der Waals surface area contributed by atoms with E-state index in [0.29, 0.717) is 6.54 Å². The van der Waals surface area contributed by atoms with Crippen LogP contribution in [0.4, 0.5) is 5.82 Å². The summed E-state index contributed by atoms with van der Waals surface area (Å²) in [6.07, 6.45) is 3.65. The molecule has 6 rings (SSSR count). The van der Waals surface area contributed by atoms with E-state index < -0.39 is 0 Å². The van der Waals surface area contributed by atoms with Crippen molar-refractivity contribution in [2.75, 3.05) is 18.0 Å². The number of amides is 1. The van der Waals surface area contributed by atoms with Crippen molar-refractivity contribution >= 4 is 44.6 Å². The molecular formula is C17H17N5OS2. The molecule has 25 heavy (non-hydrogen) atoms. The van der Waals surface area contributed by atoms with Gasteiger partial charge in [-0.25, -0.2) is 15.0 Å². The average molecular weight is 371 g/mol. The largest absolute Gasteiger partial charge is 0.352 e. The molecule has 6 nitrogen and oxygen atoms in total. The molecule has 0 aliphatic carbocycles. The van der Waals surface area contributed by atoms with Crippen molar-refractivity contribution in [3.05, 3.63) is 34.4 Å². The number of rotatable bonds is 3.